The Kier molecular flexibility index (Phi) is 4.35. The van der Waals surface area contributed by atoms with Crippen molar-refractivity contribution in [3.05, 3.63) is 18.3 Å². The summed E-state index contributed by atoms with van der Waals surface area (Å²) < 4.78 is 31.3. The van der Waals surface area contributed by atoms with Crippen LogP contribution in [-0.4, -0.2) is 44.5 Å². The quantitative estimate of drug-likeness (QED) is 0.585. The molecule has 0 aliphatic carbocycles. The van der Waals surface area contributed by atoms with Crippen molar-refractivity contribution in [3.8, 4) is 0 Å². The summed E-state index contributed by atoms with van der Waals surface area (Å²) in [5.74, 6) is 5.89. The first-order valence-electron chi connectivity index (χ1n) is 5.99. The number of hydrogen-bond donors (Lipinski definition) is 2. The van der Waals surface area contributed by atoms with Crippen LogP contribution >= 0.6 is 0 Å². The van der Waals surface area contributed by atoms with Crippen LogP contribution in [0.2, 0.25) is 0 Å². The fraction of sp³-hybridized carbons (Fsp3) is 0.545. The lowest BCUT2D eigenvalue weighted by Crippen LogP contribution is -2.29. The van der Waals surface area contributed by atoms with Gasteiger partial charge in [-0.3, -0.25) is 0 Å². The van der Waals surface area contributed by atoms with E-state index in [1.807, 2.05) is 0 Å². The van der Waals surface area contributed by atoms with Gasteiger partial charge in [0.25, 0.3) is 0 Å². The van der Waals surface area contributed by atoms with Gasteiger partial charge in [-0.2, -0.15) is 4.31 Å². The third-order valence-corrected chi connectivity index (χ3v) is 5.02. The summed E-state index contributed by atoms with van der Waals surface area (Å²) in [6.45, 7) is 1.60. The lowest BCUT2D eigenvalue weighted by Gasteiger charge is -2.16. The maximum atomic E-state index is 12.4. The average Bonchev–Trinajstić information content (AvgIpc) is 2.89. The summed E-state index contributed by atoms with van der Waals surface area (Å²) in [6, 6.07) is 3.04. The molecule has 0 saturated carbocycles. The Balaban J connectivity index is 2.13. The van der Waals surface area contributed by atoms with E-state index in [2.05, 4.69) is 10.4 Å². The Bertz CT molecular complexity index is 517. The van der Waals surface area contributed by atoms with Crippen LogP contribution in [-0.2, 0) is 14.8 Å². The largest absolute Gasteiger partial charge is 0.384 e. The minimum atomic E-state index is -3.47. The number of ether oxygens (including phenoxy) is 1. The van der Waals surface area contributed by atoms with Gasteiger partial charge in [-0.1, -0.05) is 0 Å². The van der Waals surface area contributed by atoms with Gasteiger partial charge in [0.1, 0.15) is 10.7 Å². The van der Waals surface area contributed by atoms with Gasteiger partial charge >= 0.3 is 0 Å². The van der Waals surface area contributed by atoms with Gasteiger partial charge < -0.3 is 10.2 Å². The van der Waals surface area contributed by atoms with Gasteiger partial charge in [-0.25, -0.2) is 19.2 Å². The molecule has 8 heteroatoms. The van der Waals surface area contributed by atoms with E-state index >= 15 is 0 Å². The number of nitrogens with one attached hydrogen (secondary N) is 1. The number of nitrogens with two attached hydrogens (primary N) is 1. The maximum Gasteiger partial charge on any atom is 0.244 e. The zero-order valence-corrected chi connectivity index (χ0v) is 11.6. The van der Waals surface area contributed by atoms with Gasteiger partial charge in [0.15, 0.2) is 0 Å². The third kappa shape index (κ3) is 3.03. The molecule has 1 saturated heterocycles. The number of hydrogen-bond acceptors (Lipinski definition) is 6. The Hall–Kier alpha value is -1.22. The van der Waals surface area contributed by atoms with Crippen LogP contribution in [0, 0.1) is 5.92 Å². The van der Waals surface area contributed by atoms with Gasteiger partial charge in [0.2, 0.25) is 10.0 Å². The lowest BCUT2D eigenvalue weighted by atomic mass is 10.1. The number of nitrogen functional groups attached to an aromatic ring is 1. The standard InChI is InChI=1S/C11H18N4O3S/c1-18-8-9-4-5-15(7-9)19(16,17)10-2-3-11(14-12)13-6-10/h2-3,6,9H,4-5,7-8,12H2,1H3,(H,13,14). The molecule has 1 aliphatic rings. The summed E-state index contributed by atoms with van der Waals surface area (Å²) in [4.78, 5) is 4.11. The van der Waals surface area contributed by atoms with Crippen molar-refractivity contribution in [3.63, 3.8) is 0 Å². The molecule has 106 valence electrons. The number of hydrazine groups is 1. The van der Waals surface area contributed by atoms with Crippen LogP contribution in [0.15, 0.2) is 23.2 Å². The molecule has 7 nitrogen and oxygen atoms in total. The van der Waals surface area contributed by atoms with Crippen molar-refractivity contribution < 1.29 is 13.2 Å². The first-order chi connectivity index (χ1) is 9.07. The van der Waals surface area contributed by atoms with E-state index in [-0.39, 0.29) is 10.8 Å². The van der Waals surface area contributed by atoms with Crippen molar-refractivity contribution in [2.75, 3.05) is 32.2 Å². The minimum absolute atomic E-state index is 0.185. The lowest BCUT2D eigenvalue weighted by molar-refractivity contribution is 0.157. The van der Waals surface area contributed by atoms with E-state index in [0.29, 0.717) is 25.5 Å². The molecule has 1 unspecified atom stereocenters. The number of aromatic nitrogens is 1. The highest BCUT2D eigenvalue weighted by atomic mass is 32.2. The predicted octanol–water partition coefficient (Wildman–Crippen LogP) is 0.0242. The van der Waals surface area contributed by atoms with Crippen molar-refractivity contribution in [1.29, 1.82) is 0 Å². The van der Waals surface area contributed by atoms with Crippen molar-refractivity contribution in [1.82, 2.24) is 9.29 Å². The number of pyridine rings is 1. The van der Waals surface area contributed by atoms with Crippen molar-refractivity contribution in [2.24, 2.45) is 11.8 Å². The number of rotatable bonds is 5. The first-order valence-corrected chi connectivity index (χ1v) is 7.43. The van der Waals surface area contributed by atoms with Crippen LogP contribution in [0.1, 0.15) is 6.42 Å². The minimum Gasteiger partial charge on any atom is -0.384 e. The first kappa shape index (κ1) is 14.2. The normalized spacial score (nSPS) is 20.6. The van der Waals surface area contributed by atoms with E-state index in [0.717, 1.165) is 6.42 Å². The predicted molar refractivity (Wildman–Crippen MR) is 70.8 cm³/mol. The SMILES string of the molecule is COCC1CCN(S(=O)(=O)c2ccc(NN)nc2)C1. The monoisotopic (exact) mass is 286 g/mol. The molecular formula is C11H18N4O3S. The molecule has 1 aromatic rings. The van der Waals surface area contributed by atoms with Crippen molar-refractivity contribution in [2.45, 2.75) is 11.3 Å². The highest BCUT2D eigenvalue weighted by molar-refractivity contribution is 7.89. The molecule has 2 rings (SSSR count). The number of nitrogens with zero attached hydrogens (tertiary/aromatic N) is 2. The summed E-state index contributed by atoms with van der Waals surface area (Å²) in [6.07, 6.45) is 2.14. The van der Waals surface area contributed by atoms with Gasteiger partial charge in [0.05, 0.1) is 6.61 Å². The molecule has 2 heterocycles. The molecular weight excluding hydrogens is 268 g/mol. The number of anilines is 1. The molecule has 0 amide bonds. The van der Waals surface area contributed by atoms with Gasteiger partial charge in [0, 0.05) is 26.4 Å². The second kappa shape index (κ2) is 5.83. The van der Waals surface area contributed by atoms with Gasteiger partial charge in [-0.05, 0) is 24.5 Å². The smallest absolute Gasteiger partial charge is 0.244 e. The molecule has 1 fully saturated rings. The highest BCUT2D eigenvalue weighted by Gasteiger charge is 2.32. The summed E-state index contributed by atoms with van der Waals surface area (Å²) in [7, 11) is -1.84. The van der Waals surface area contributed by atoms with Crippen LogP contribution < -0.4 is 11.3 Å². The molecule has 0 bridgehead atoms. The summed E-state index contributed by atoms with van der Waals surface area (Å²) >= 11 is 0. The Morgan fingerprint density at radius 3 is 2.95 bits per heavy atom. The molecule has 1 aliphatic heterocycles. The molecule has 0 radical (unpaired) electrons. The number of methoxy groups -OCH3 is 1. The van der Waals surface area contributed by atoms with Crippen LogP contribution in [0.5, 0.6) is 0 Å². The van der Waals surface area contributed by atoms with E-state index in [9.17, 15) is 8.42 Å². The highest BCUT2D eigenvalue weighted by Crippen LogP contribution is 2.24. The zero-order valence-electron chi connectivity index (χ0n) is 10.7. The van der Waals surface area contributed by atoms with E-state index in [4.69, 9.17) is 10.6 Å². The van der Waals surface area contributed by atoms with Crippen LogP contribution in [0.4, 0.5) is 5.82 Å². The summed E-state index contributed by atoms with van der Waals surface area (Å²) in [5, 5.41) is 0. The van der Waals surface area contributed by atoms with Crippen molar-refractivity contribution >= 4 is 15.8 Å². The maximum absolute atomic E-state index is 12.4. The van der Waals surface area contributed by atoms with E-state index in [1.54, 1.807) is 7.11 Å². The molecule has 1 atom stereocenters. The Morgan fingerprint density at radius 1 is 1.58 bits per heavy atom. The zero-order chi connectivity index (χ0) is 13.9. The fourth-order valence-corrected chi connectivity index (χ4v) is 3.63. The Labute approximate surface area is 112 Å². The van der Waals surface area contributed by atoms with Crippen LogP contribution in [0.25, 0.3) is 0 Å². The van der Waals surface area contributed by atoms with E-state index in [1.165, 1.54) is 22.6 Å². The number of sulfonamides is 1. The molecule has 3 N–H and O–H groups in total. The topological polar surface area (TPSA) is 97.5 Å². The molecule has 19 heavy (non-hydrogen) atoms. The molecule has 0 spiro atoms. The van der Waals surface area contributed by atoms with Gasteiger partial charge in [-0.15, -0.1) is 0 Å². The third-order valence-electron chi connectivity index (χ3n) is 3.17. The van der Waals surface area contributed by atoms with Crippen LogP contribution in [0.3, 0.4) is 0 Å². The molecule has 0 aromatic carbocycles. The average molecular weight is 286 g/mol. The Morgan fingerprint density at radius 2 is 2.37 bits per heavy atom. The fourth-order valence-electron chi connectivity index (χ4n) is 2.15. The molecule has 1 aromatic heterocycles. The second-order valence-corrected chi connectivity index (χ2v) is 6.43. The second-order valence-electron chi connectivity index (χ2n) is 4.50. The summed E-state index contributed by atoms with van der Waals surface area (Å²) in [5.41, 5.74) is 2.36. The van der Waals surface area contributed by atoms with E-state index < -0.39 is 10.0 Å².